The molecule has 1 fully saturated rings. The number of ether oxygens (including phenoxy) is 1. The highest BCUT2D eigenvalue weighted by Crippen LogP contribution is 2.40. The van der Waals surface area contributed by atoms with Gasteiger partial charge in [-0.25, -0.2) is 0 Å². The summed E-state index contributed by atoms with van der Waals surface area (Å²) >= 11 is 4.85. The first-order valence-electron chi connectivity index (χ1n) is 8.63. The second-order valence-corrected chi connectivity index (χ2v) is 7.35. The number of carbonyl (C=O) groups is 1. The molecule has 2 aliphatic heterocycles. The summed E-state index contributed by atoms with van der Waals surface area (Å²) in [6, 6.07) is 11.6. The number of benzene rings is 1. The Bertz CT molecular complexity index is 899. The second-order valence-electron chi connectivity index (χ2n) is 6.68. The molecule has 7 heteroatoms. The van der Waals surface area contributed by atoms with Gasteiger partial charge in [-0.1, -0.05) is 30.3 Å². The number of methoxy groups -OCH3 is 1. The molecule has 3 heterocycles. The van der Waals surface area contributed by atoms with Crippen molar-refractivity contribution in [3.63, 3.8) is 0 Å². The van der Waals surface area contributed by atoms with E-state index in [0.29, 0.717) is 0 Å². The number of aromatic nitrogens is 1. The number of nitrogens with zero attached hydrogens (tertiary/aromatic N) is 3. The van der Waals surface area contributed by atoms with E-state index in [4.69, 9.17) is 17.4 Å². The fourth-order valence-corrected chi connectivity index (χ4v) is 4.50. The number of hydrogen-bond donors (Lipinski definition) is 1. The van der Waals surface area contributed by atoms with Crippen LogP contribution in [-0.2, 0) is 0 Å². The molecule has 0 unspecified atom stereocenters. The smallest absolute Gasteiger partial charge is 0.277 e. The Hall–Kier alpha value is -2.41. The van der Waals surface area contributed by atoms with Gasteiger partial charge < -0.3 is 9.64 Å². The van der Waals surface area contributed by atoms with Gasteiger partial charge in [-0.3, -0.25) is 19.3 Å². The molecule has 0 saturated carbocycles. The number of amides is 1. The zero-order valence-corrected chi connectivity index (χ0v) is 15.6. The normalized spacial score (nSPS) is 24.9. The van der Waals surface area contributed by atoms with E-state index < -0.39 is 0 Å². The van der Waals surface area contributed by atoms with Crippen LogP contribution in [0.2, 0.25) is 0 Å². The zero-order chi connectivity index (χ0) is 18.4. The average molecular weight is 371 g/mol. The molecular formula is C19H21N3O3S. The van der Waals surface area contributed by atoms with Crippen molar-refractivity contribution in [2.45, 2.75) is 30.3 Å². The van der Waals surface area contributed by atoms with Crippen molar-refractivity contribution in [1.82, 2.24) is 9.58 Å². The van der Waals surface area contributed by atoms with Crippen LogP contribution in [0.15, 0.2) is 47.4 Å². The molecule has 0 radical (unpaired) electrons. The Kier molecular flexibility index (Phi) is 4.19. The van der Waals surface area contributed by atoms with Gasteiger partial charge in [0.25, 0.3) is 5.91 Å². The number of hydrogen-bond acceptors (Lipinski definition) is 5. The highest BCUT2D eigenvalue weighted by Gasteiger charge is 2.45. The number of fused-ring (bicyclic) bond motifs is 3. The summed E-state index contributed by atoms with van der Waals surface area (Å²) in [5.74, 6) is -0.124. The number of rotatable bonds is 2. The van der Waals surface area contributed by atoms with Gasteiger partial charge in [0.05, 0.1) is 13.2 Å². The van der Waals surface area contributed by atoms with Crippen LogP contribution in [0.1, 0.15) is 34.9 Å². The van der Waals surface area contributed by atoms with Crippen molar-refractivity contribution in [3.05, 3.63) is 64.1 Å². The highest BCUT2D eigenvalue weighted by atomic mass is 32.1. The van der Waals surface area contributed by atoms with Gasteiger partial charge in [0.15, 0.2) is 11.4 Å². The predicted octanol–water partition coefficient (Wildman–Crippen LogP) is 2.04. The van der Waals surface area contributed by atoms with Crippen LogP contribution >= 0.6 is 12.6 Å². The molecule has 0 aliphatic carbocycles. The van der Waals surface area contributed by atoms with Crippen LogP contribution in [-0.4, -0.2) is 41.1 Å². The standard InChI is InChI=1S/C19H21N3O3S/c1-20-15-9-8-14(26)16(12-6-4-3-5-7-12)22(15)21-11-10-13(23)18(25-2)17(21)19(20)24/h3-7,10-11,14-16,26H,8-9H2,1-2H3/t14-,15-,16+/m0/s1. The summed E-state index contributed by atoms with van der Waals surface area (Å²) in [5.41, 5.74) is 1.10. The highest BCUT2D eigenvalue weighted by molar-refractivity contribution is 7.81. The van der Waals surface area contributed by atoms with Crippen LogP contribution in [0.5, 0.6) is 5.75 Å². The van der Waals surface area contributed by atoms with Gasteiger partial charge in [-0.2, -0.15) is 12.6 Å². The van der Waals surface area contributed by atoms with Gasteiger partial charge in [0.2, 0.25) is 5.43 Å². The van der Waals surface area contributed by atoms with Crippen LogP contribution < -0.4 is 15.2 Å². The van der Waals surface area contributed by atoms with E-state index >= 15 is 0 Å². The summed E-state index contributed by atoms with van der Waals surface area (Å²) in [6.45, 7) is 0. The number of pyridine rings is 1. The van der Waals surface area contributed by atoms with E-state index in [0.717, 1.165) is 18.4 Å². The Balaban J connectivity index is 1.95. The SMILES string of the molecule is COc1c2n(ccc1=O)N1[C@H](c3ccccc3)[C@@H](S)CC[C@H]1N(C)C2=O. The first kappa shape index (κ1) is 17.0. The third-order valence-electron chi connectivity index (χ3n) is 5.27. The molecule has 3 atom stereocenters. The number of piperidine rings is 1. The lowest BCUT2D eigenvalue weighted by Crippen LogP contribution is -2.64. The largest absolute Gasteiger partial charge is 0.491 e. The monoisotopic (exact) mass is 371 g/mol. The number of thiol groups is 1. The van der Waals surface area contributed by atoms with Crippen LogP contribution in [0.3, 0.4) is 0 Å². The van der Waals surface area contributed by atoms with E-state index in [1.54, 1.807) is 22.8 Å². The zero-order valence-electron chi connectivity index (χ0n) is 14.7. The van der Waals surface area contributed by atoms with E-state index in [1.807, 2.05) is 18.2 Å². The lowest BCUT2D eigenvalue weighted by Gasteiger charge is -2.53. The molecule has 1 aromatic carbocycles. The second kappa shape index (κ2) is 6.39. The molecule has 2 aliphatic rings. The minimum atomic E-state index is -0.297. The first-order valence-corrected chi connectivity index (χ1v) is 9.14. The Morgan fingerprint density at radius 2 is 1.85 bits per heavy atom. The minimum Gasteiger partial charge on any atom is -0.491 e. The van der Waals surface area contributed by atoms with Crippen molar-refractivity contribution in [1.29, 1.82) is 0 Å². The fraction of sp³-hybridized carbons (Fsp3) is 0.368. The molecule has 26 heavy (non-hydrogen) atoms. The van der Waals surface area contributed by atoms with Gasteiger partial charge >= 0.3 is 0 Å². The maximum absolute atomic E-state index is 13.0. The van der Waals surface area contributed by atoms with Gasteiger partial charge in [-0.05, 0) is 18.4 Å². The summed E-state index contributed by atoms with van der Waals surface area (Å²) in [5, 5.41) is 2.25. The van der Waals surface area contributed by atoms with Crippen molar-refractivity contribution in [2.75, 3.05) is 19.2 Å². The van der Waals surface area contributed by atoms with Gasteiger partial charge in [0.1, 0.15) is 6.17 Å². The van der Waals surface area contributed by atoms with Crippen LogP contribution in [0.25, 0.3) is 0 Å². The lowest BCUT2D eigenvalue weighted by atomic mass is 9.93. The van der Waals surface area contributed by atoms with E-state index in [2.05, 4.69) is 17.1 Å². The Morgan fingerprint density at radius 1 is 1.12 bits per heavy atom. The van der Waals surface area contributed by atoms with E-state index in [-0.39, 0.29) is 40.2 Å². The summed E-state index contributed by atoms with van der Waals surface area (Å²) < 4.78 is 7.07. The number of carbonyl (C=O) groups excluding carboxylic acids is 1. The summed E-state index contributed by atoms with van der Waals surface area (Å²) in [7, 11) is 3.20. The molecule has 136 valence electrons. The minimum absolute atomic E-state index is 0.0280. The van der Waals surface area contributed by atoms with Crippen molar-refractivity contribution < 1.29 is 9.53 Å². The first-order chi connectivity index (χ1) is 12.5. The van der Waals surface area contributed by atoms with E-state index in [1.165, 1.54) is 13.2 Å². The maximum atomic E-state index is 13.0. The molecule has 1 amide bonds. The fourth-order valence-electron chi connectivity index (χ4n) is 4.04. The molecule has 0 spiro atoms. The quantitative estimate of drug-likeness (QED) is 0.821. The summed E-state index contributed by atoms with van der Waals surface area (Å²) in [4.78, 5) is 26.9. The molecular weight excluding hydrogens is 350 g/mol. The molecule has 0 bridgehead atoms. The van der Waals surface area contributed by atoms with E-state index in [9.17, 15) is 9.59 Å². The van der Waals surface area contributed by atoms with Crippen molar-refractivity contribution in [2.24, 2.45) is 0 Å². The molecule has 6 nitrogen and oxygen atoms in total. The molecule has 1 aromatic heterocycles. The Morgan fingerprint density at radius 3 is 2.54 bits per heavy atom. The van der Waals surface area contributed by atoms with Crippen LogP contribution in [0.4, 0.5) is 0 Å². The average Bonchev–Trinajstić information content (AvgIpc) is 2.66. The third kappa shape index (κ3) is 2.41. The molecule has 0 N–H and O–H groups in total. The molecule has 4 rings (SSSR count). The topological polar surface area (TPSA) is 54.8 Å². The van der Waals surface area contributed by atoms with Gasteiger partial charge in [0, 0.05) is 24.6 Å². The van der Waals surface area contributed by atoms with Crippen molar-refractivity contribution >= 4 is 18.5 Å². The maximum Gasteiger partial charge on any atom is 0.277 e. The molecule has 2 aromatic rings. The van der Waals surface area contributed by atoms with Gasteiger partial charge in [-0.15, -0.1) is 0 Å². The predicted molar refractivity (Wildman–Crippen MR) is 103 cm³/mol. The molecule has 1 saturated heterocycles. The Labute approximate surface area is 157 Å². The van der Waals surface area contributed by atoms with Crippen molar-refractivity contribution in [3.8, 4) is 5.75 Å². The lowest BCUT2D eigenvalue weighted by molar-refractivity contribution is 0.0557. The third-order valence-corrected chi connectivity index (χ3v) is 5.82. The van der Waals surface area contributed by atoms with Crippen LogP contribution in [0, 0.1) is 0 Å². The summed E-state index contributed by atoms with van der Waals surface area (Å²) in [6.07, 6.45) is 3.28.